The molecule has 1 heterocycles. The van der Waals surface area contributed by atoms with E-state index in [1.165, 1.54) is 0 Å². The molecule has 0 unspecified atom stereocenters. The molecule has 1 aromatic heterocycles. The Labute approximate surface area is 109 Å². The predicted molar refractivity (Wildman–Crippen MR) is 68.7 cm³/mol. The number of benzene rings is 1. The highest BCUT2D eigenvalue weighted by molar-refractivity contribution is 6.31. The van der Waals surface area contributed by atoms with Gasteiger partial charge >= 0.3 is 0 Å². The maximum absolute atomic E-state index is 6.03. The molecule has 88 valence electrons. The Morgan fingerprint density at radius 3 is 2.59 bits per heavy atom. The number of halogens is 2. The van der Waals surface area contributed by atoms with Gasteiger partial charge in [-0.25, -0.2) is 0 Å². The molecule has 3 nitrogen and oxygen atoms in total. The Bertz CT molecular complexity index is 532. The fourth-order valence-corrected chi connectivity index (χ4v) is 1.75. The maximum atomic E-state index is 6.03. The monoisotopic (exact) mass is 268 g/mol. The Morgan fingerprint density at radius 1 is 1.12 bits per heavy atom. The summed E-state index contributed by atoms with van der Waals surface area (Å²) in [6.07, 6.45) is 3.12. The quantitative estimate of drug-likeness (QED) is 0.925. The topological polar surface area (TPSA) is 48.1 Å². The molecule has 1 aromatic carbocycles. The molecule has 0 spiro atoms. The van der Waals surface area contributed by atoms with Gasteiger partial charge in [-0.15, -0.1) is 0 Å². The second-order valence-electron chi connectivity index (χ2n) is 3.40. The minimum absolute atomic E-state index is 0.401. The largest absolute Gasteiger partial charge is 0.456 e. The molecule has 2 aromatic rings. The standard InChI is InChI=1S/C12H10Cl2N2O/c13-9-3-11(7-16-6-9)17-10-2-1-8(5-15)12(14)4-10/h1-4,6-7H,5,15H2. The van der Waals surface area contributed by atoms with Gasteiger partial charge in [0.15, 0.2) is 0 Å². The lowest BCUT2D eigenvalue weighted by molar-refractivity contribution is 0.480. The summed E-state index contributed by atoms with van der Waals surface area (Å²) in [5.41, 5.74) is 6.40. The Hall–Kier alpha value is -1.29. The van der Waals surface area contributed by atoms with Crippen LogP contribution in [0, 0.1) is 0 Å². The van der Waals surface area contributed by atoms with Crippen LogP contribution in [0.1, 0.15) is 5.56 Å². The highest BCUT2D eigenvalue weighted by atomic mass is 35.5. The van der Waals surface area contributed by atoms with E-state index in [9.17, 15) is 0 Å². The van der Waals surface area contributed by atoms with Crippen molar-refractivity contribution in [3.8, 4) is 11.5 Å². The summed E-state index contributed by atoms with van der Waals surface area (Å²) in [5.74, 6) is 1.19. The van der Waals surface area contributed by atoms with Crippen molar-refractivity contribution < 1.29 is 4.74 Å². The molecule has 0 saturated heterocycles. The van der Waals surface area contributed by atoms with E-state index in [0.717, 1.165) is 5.56 Å². The zero-order chi connectivity index (χ0) is 12.3. The second-order valence-corrected chi connectivity index (χ2v) is 4.24. The van der Waals surface area contributed by atoms with E-state index >= 15 is 0 Å². The summed E-state index contributed by atoms with van der Waals surface area (Å²) in [7, 11) is 0. The van der Waals surface area contributed by atoms with Crippen LogP contribution in [0.25, 0.3) is 0 Å². The average Bonchev–Trinajstić information content (AvgIpc) is 2.29. The summed E-state index contributed by atoms with van der Waals surface area (Å²) in [4.78, 5) is 3.93. The van der Waals surface area contributed by atoms with Gasteiger partial charge in [0.2, 0.25) is 0 Å². The van der Waals surface area contributed by atoms with Crippen molar-refractivity contribution in [2.45, 2.75) is 6.54 Å². The third-order valence-corrected chi connectivity index (χ3v) is 2.72. The molecule has 17 heavy (non-hydrogen) atoms. The molecule has 5 heteroatoms. The maximum Gasteiger partial charge on any atom is 0.147 e. The summed E-state index contributed by atoms with van der Waals surface area (Å²) in [6.45, 7) is 0.401. The third-order valence-electron chi connectivity index (χ3n) is 2.16. The van der Waals surface area contributed by atoms with Crippen LogP contribution in [0.5, 0.6) is 11.5 Å². The van der Waals surface area contributed by atoms with E-state index in [2.05, 4.69) is 4.98 Å². The molecule has 0 aliphatic carbocycles. The highest BCUT2D eigenvalue weighted by Gasteiger charge is 2.03. The van der Waals surface area contributed by atoms with Crippen LogP contribution >= 0.6 is 23.2 Å². The molecule has 2 N–H and O–H groups in total. The number of aromatic nitrogens is 1. The Kier molecular flexibility index (Phi) is 3.84. The van der Waals surface area contributed by atoms with Gasteiger partial charge in [-0.05, 0) is 17.7 Å². The lowest BCUT2D eigenvalue weighted by Crippen LogP contribution is -1.97. The Balaban J connectivity index is 2.22. The smallest absolute Gasteiger partial charge is 0.147 e. The minimum Gasteiger partial charge on any atom is -0.456 e. The van der Waals surface area contributed by atoms with E-state index in [4.69, 9.17) is 33.7 Å². The van der Waals surface area contributed by atoms with Crippen molar-refractivity contribution in [3.05, 3.63) is 52.3 Å². The van der Waals surface area contributed by atoms with Crippen LogP contribution in [0.4, 0.5) is 0 Å². The second kappa shape index (κ2) is 5.36. The van der Waals surface area contributed by atoms with Crippen LogP contribution in [0.3, 0.4) is 0 Å². The first kappa shape index (κ1) is 12.2. The minimum atomic E-state index is 0.401. The zero-order valence-corrected chi connectivity index (χ0v) is 10.4. The molecule has 0 radical (unpaired) electrons. The lowest BCUT2D eigenvalue weighted by atomic mass is 10.2. The van der Waals surface area contributed by atoms with Crippen molar-refractivity contribution in [2.24, 2.45) is 5.73 Å². The van der Waals surface area contributed by atoms with E-state index in [1.807, 2.05) is 6.07 Å². The predicted octanol–water partition coefficient (Wildman–Crippen LogP) is 3.64. The van der Waals surface area contributed by atoms with Crippen LogP contribution in [0.2, 0.25) is 10.0 Å². The summed E-state index contributed by atoms with van der Waals surface area (Å²) >= 11 is 11.8. The Morgan fingerprint density at radius 2 is 1.94 bits per heavy atom. The van der Waals surface area contributed by atoms with Crippen LogP contribution in [-0.2, 0) is 6.54 Å². The third kappa shape index (κ3) is 3.09. The molecular weight excluding hydrogens is 259 g/mol. The number of rotatable bonds is 3. The molecule has 0 bridgehead atoms. The number of pyridine rings is 1. The summed E-state index contributed by atoms with van der Waals surface area (Å²) in [6, 6.07) is 7.02. The lowest BCUT2D eigenvalue weighted by Gasteiger charge is -2.07. The molecule has 2 rings (SSSR count). The highest BCUT2D eigenvalue weighted by Crippen LogP contribution is 2.27. The van der Waals surface area contributed by atoms with Crippen molar-refractivity contribution in [2.75, 3.05) is 0 Å². The normalized spacial score (nSPS) is 10.3. The summed E-state index contributed by atoms with van der Waals surface area (Å²) in [5, 5.41) is 1.10. The first-order chi connectivity index (χ1) is 8.19. The molecular formula is C12H10Cl2N2O. The summed E-state index contributed by atoms with van der Waals surface area (Å²) < 4.78 is 5.57. The molecule has 0 aliphatic heterocycles. The van der Waals surface area contributed by atoms with Crippen LogP contribution < -0.4 is 10.5 Å². The van der Waals surface area contributed by atoms with E-state index < -0.39 is 0 Å². The number of nitrogens with two attached hydrogens (primary N) is 1. The first-order valence-corrected chi connectivity index (χ1v) is 5.71. The van der Waals surface area contributed by atoms with Gasteiger partial charge in [-0.2, -0.15) is 0 Å². The molecule has 0 amide bonds. The molecule has 0 fully saturated rings. The van der Waals surface area contributed by atoms with Crippen LogP contribution in [-0.4, -0.2) is 4.98 Å². The zero-order valence-electron chi connectivity index (χ0n) is 8.86. The average molecular weight is 269 g/mol. The van der Waals surface area contributed by atoms with Crippen molar-refractivity contribution >= 4 is 23.2 Å². The van der Waals surface area contributed by atoms with Gasteiger partial charge in [0.05, 0.1) is 11.2 Å². The number of hydrogen-bond donors (Lipinski definition) is 1. The first-order valence-electron chi connectivity index (χ1n) is 4.96. The van der Waals surface area contributed by atoms with Gasteiger partial charge in [0.1, 0.15) is 11.5 Å². The van der Waals surface area contributed by atoms with Crippen LogP contribution in [0.15, 0.2) is 36.7 Å². The fourth-order valence-electron chi connectivity index (χ4n) is 1.34. The number of nitrogens with zero attached hydrogens (tertiary/aromatic N) is 1. The van der Waals surface area contributed by atoms with Gasteiger partial charge in [0, 0.05) is 23.8 Å². The molecule has 0 atom stereocenters. The number of ether oxygens (including phenoxy) is 1. The van der Waals surface area contributed by atoms with Gasteiger partial charge < -0.3 is 10.5 Å². The van der Waals surface area contributed by atoms with E-state index in [-0.39, 0.29) is 0 Å². The SMILES string of the molecule is NCc1ccc(Oc2cncc(Cl)c2)cc1Cl. The molecule has 0 saturated carbocycles. The fraction of sp³-hybridized carbons (Fsp3) is 0.0833. The van der Waals surface area contributed by atoms with Gasteiger partial charge in [0.25, 0.3) is 0 Å². The van der Waals surface area contributed by atoms with Gasteiger partial charge in [-0.1, -0.05) is 29.3 Å². The van der Waals surface area contributed by atoms with Crippen molar-refractivity contribution in [1.29, 1.82) is 0 Å². The van der Waals surface area contributed by atoms with E-state index in [0.29, 0.717) is 28.1 Å². The molecule has 0 aliphatic rings. The van der Waals surface area contributed by atoms with Crippen molar-refractivity contribution in [1.82, 2.24) is 4.98 Å². The van der Waals surface area contributed by atoms with Crippen molar-refractivity contribution in [3.63, 3.8) is 0 Å². The van der Waals surface area contributed by atoms with Gasteiger partial charge in [-0.3, -0.25) is 4.98 Å². The van der Waals surface area contributed by atoms with E-state index in [1.54, 1.807) is 30.6 Å². The number of hydrogen-bond acceptors (Lipinski definition) is 3.